The zero-order chi connectivity index (χ0) is 14.3. The maximum atomic E-state index is 13.2. The summed E-state index contributed by atoms with van der Waals surface area (Å²) >= 11 is 0. The number of aliphatic carboxylic acids is 1. The van der Waals surface area contributed by atoms with Crippen LogP contribution in [0.4, 0.5) is 4.39 Å². The predicted molar refractivity (Wildman–Crippen MR) is 70.7 cm³/mol. The average molecular weight is 269 g/mol. The van der Waals surface area contributed by atoms with Gasteiger partial charge in [-0.2, -0.15) is 0 Å². The van der Waals surface area contributed by atoms with Gasteiger partial charge in [-0.15, -0.1) is 0 Å². The van der Waals surface area contributed by atoms with E-state index in [2.05, 4.69) is 5.32 Å². The normalized spacial score (nSPS) is 12.2. The Balaban J connectivity index is 2.88. The Labute approximate surface area is 112 Å². The molecule has 0 aliphatic rings. The number of carboxylic acid groups (broad SMARTS) is 1. The highest BCUT2D eigenvalue weighted by Gasteiger charge is 2.19. The number of hydrogen-bond acceptors (Lipinski definition) is 3. The monoisotopic (exact) mass is 269 g/mol. The van der Waals surface area contributed by atoms with E-state index in [0.29, 0.717) is 30.7 Å². The predicted octanol–water partition coefficient (Wildman–Crippen LogP) is 2.57. The van der Waals surface area contributed by atoms with Crippen molar-refractivity contribution >= 4 is 5.97 Å². The van der Waals surface area contributed by atoms with Gasteiger partial charge in [-0.25, -0.2) is 9.18 Å². The van der Waals surface area contributed by atoms with Crippen molar-refractivity contribution < 1.29 is 19.0 Å². The Morgan fingerprint density at radius 2 is 2.21 bits per heavy atom. The second-order valence-electron chi connectivity index (χ2n) is 4.27. The maximum Gasteiger partial charge on any atom is 0.344 e. The van der Waals surface area contributed by atoms with Crippen LogP contribution >= 0.6 is 0 Å². The molecule has 1 aromatic rings. The van der Waals surface area contributed by atoms with Gasteiger partial charge in [0.1, 0.15) is 11.6 Å². The second kappa shape index (κ2) is 7.74. The molecule has 19 heavy (non-hydrogen) atoms. The highest BCUT2D eigenvalue weighted by Crippen LogP contribution is 2.22. The van der Waals surface area contributed by atoms with E-state index in [4.69, 9.17) is 9.84 Å². The zero-order valence-corrected chi connectivity index (χ0v) is 11.3. The van der Waals surface area contributed by atoms with Crippen molar-refractivity contribution in [1.29, 1.82) is 0 Å². The third-order valence-electron chi connectivity index (χ3n) is 2.68. The summed E-state index contributed by atoms with van der Waals surface area (Å²) in [4.78, 5) is 11.1. The molecule has 0 amide bonds. The van der Waals surface area contributed by atoms with Crippen LogP contribution in [-0.4, -0.2) is 23.7 Å². The first-order chi connectivity index (χ1) is 9.08. The molecule has 1 atom stereocenters. The molecule has 1 unspecified atom stereocenters. The van der Waals surface area contributed by atoms with Gasteiger partial charge in [0.2, 0.25) is 0 Å². The van der Waals surface area contributed by atoms with Crippen LogP contribution in [0.15, 0.2) is 18.2 Å². The lowest BCUT2D eigenvalue weighted by atomic mass is 10.1. The Morgan fingerprint density at radius 3 is 2.79 bits per heavy atom. The molecule has 0 aliphatic heterocycles. The van der Waals surface area contributed by atoms with Crippen molar-refractivity contribution in [2.75, 3.05) is 6.54 Å². The first-order valence-electron chi connectivity index (χ1n) is 6.47. The molecular formula is C14H20FNO3. The lowest BCUT2D eigenvalue weighted by Gasteiger charge is -2.17. The number of benzene rings is 1. The van der Waals surface area contributed by atoms with Gasteiger partial charge >= 0.3 is 5.97 Å². The van der Waals surface area contributed by atoms with E-state index in [9.17, 15) is 9.18 Å². The highest BCUT2D eigenvalue weighted by atomic mass is 19.1. The third kappa shape index (κ3) is 4.87. The Morgan fingerprint density at radius 1 is 1.47 bits per heavy atom. The number of hydrogen-bond donors (Lipinski definition) is 2. The summed E-state index contributed by atoms with van der Waals surface area (Å²) in [5.41, 5.74) is 0.629. The molecule has 4 nitrogen and oxygen atoms in total. The molecule has 0 spiro atoms. The minimum atomic E-state index is -0.999. The molecule has 0 radical (unpaired) electrons. The van der Waals surface area contributed by atoms with Crippen LogP contribution in [0.1, 0.15) is 32.3 Å². The Hall–Kier alpha value is -1.62. The van der Waals surface area contributed by atoms with Crippen molar-refractivity contribution in [3.8, 4) is 5.75 Å². The molecule has 0 bridgehead atoms. The molecule has 2 N–H and O–H groups in total. The number of halogens is 1. The van der Waals surface area contributed by atoms with Crippen LogP contribution < -0.4 is 10.1 Å². The molecule has 1 rings (SSSR count). The standard InChI is InChI=1S/C14H20FNO3/c1-3-5-13(14(17)18)19-12-7-6-11(15)8-10(12)9-16-4-2/h6-8,13,16H,3-5,9H2,1-2H3,(H,17,18). The molecule has 0 saturated carbocycles. The molecule has 0 heterocycles. The molecular weight excluding hydrogens is 249 g/mol. The van der Waals surface area contributed by atoms with Crippen LogP contribution in [-0.2, 0) is 11.3 Å². The van der Waals surface area contributed by atoms with Gasteiger partial charge in [0.05, 0.1) is 0 Å². The van der Waals surface area contributed by atoms with E-state index in [0.717, 1.165) is 6.54 Å². The van der Waals surface area contributed by atoms with Gasteiger partial charge in [-0.05, 0) is 31.2 Å². The number of rotatable bonds is 8. The average Bonchev–Trinajstić information content (AvgIpc) is 2.37. The first kappa shape index (κ1) is 15.4. The van der Waals surface area contributed by atoms with E-state index in [1.54, 1.807) is 0 Å². The third-order valence-corrected chi connectivity index (χ3v) is 2.68. The van der Waals surface area contributed by atoms with Gasteiger partial charge in [-0.1, -0.05) is 20.3 Å². The quantitative estimate of drug-likeness (QED) is 0.761. The van der Waals surface area contributed by atoms with Crippen molar-refractivity contribution in [2.24, 2.45) is 0 Å². The van der Waals surface area contributed by atoms with E-state index in [1.807, 2.05) is 13.8 Å². The lowest BCUT2D eigenvalue weighted by Crippen LogP contribution is -2.27. The Bertz CT molecular complexity index is 423. The van der Waals surface area contributed by atoms with Crippen molar-refractivity contribution in [1.82, 2.24) is 5.32 Å². The van der Waals surface area contributed by atoms with E-state index in [1.165, 1.54) is 18.2 Å². The van der Waals surface area contributed by atoms with Crippen LogP contribution in [0.3, 0.4) is 0 Å². The lowest BCUT2D eigenvalue weighted by molar-refractivity contribution is -0.145. The van der Waals surface area contributed by atoms with Gasteiger partial charge in [0, 0.05) is 12.1 Å². The van der Waals surface area contributed by atoms with E-state index >= 15 is 0 Å². The van der Waals surface area contributed by atoms with Crippen molar-refractivity contribution in [3.63, 3.8) is 0 Å². The highest BCUT2D eigenvalue weighted by molar-refractivity contribution is 5.72. The molecule has 106 valence electrons. The number of nitrogens with one attached hydrogen (secondary N) is 1. The summed E-state index contributed by atoms with van der Waals surface area (Å²) in [7, 11) is 0. The number of carbonyl (C=O) groups is 1. The summed E-state index contributed by atoms with van der Waals surface area (Å²) in [6, 6.07) is 4.12. The fourth-order valence-corrected chi connectivity index (χ4v) is 1.71. The topological polar surface area (TPSA) is 58.6 Å². The molecule has 0 fully saturated rings. The molecule has 0 aromatic heterocycles. The van der Waals surface area contributed by atoms with Crippen LogP contribution in [0, 0.1) is 5.82 Å². The van der Waals surface area contributed by atoms with Crippen molar-refractivity contribution in [2.45, 2.75) is 39.3 Å². The molecule has 1 aromatic carbocycles. The Kier molecular flexibility index (Phi) is 6.29. The number of carboxylic acids is 1. The van der Waals surface area contributed by atoms with Crippen molar-refractivity contribution in [3.05, 3.63) is 29.6 Å². The minimum Gasteiger partial charge on any atom is -0.479 e. The maximum absolute atomic E-state index is 13.2. The fraction of sp³-hybridized carbons (Fsp3) is 0.500. The minimum absolute atomic E-state index is 0.359. The first-order valence-corrected chi connectivity index (χ1v) is 6.47. The summed E-state index contributed by atoms with van der Waals surface area (Å²) in [5.74, 6) is -0.939. The number of ether oxygens (including phenoxy) is 1. The van der Waals surface area contributed by atoms with Gasteiger partial charge in [0.15, 0.2) is 6.10 Å². The smallest absolute Gasteiger partial charge is 0.344 e. The summed E-state index contributed by atoms with van der Waals surface area (Å²) < 4.78 is 18.7. The van der Waals surface area contributed by atoms with Gasteiger partial charge < -0.3 is 15.2 Å². The van der Waals surface area contributed by atoms with Gasteiger partial charge in [0.25, 0.3) is 0 Å². The van der Waals surface area contributed by atoms with Crippen LogP contribution in [0.2, 0.25) is 0 Å². The van der Waals surface area contributed by atoms with Crippen LogP contribution in [0.25, 0.3) is 0 Å². The zero-order valence-electron chi connectivity index (χ0n) is 11.3. The summed E-state index contributed by atoms with van der Waals surface area (Å²) in [6.45, 7) is 5.02. The van der Waals surface area contributed by atoms with E-state index < -0.39 is 12.1 Å². The van der Waals surface area contributed by atoms with Crippen LogP contribution in [0.5, 0.6) is 5.75 Å². The SMILES string of the molecule is CCCC(Oc1ccc(F)cc1CNCC)C(=O)O. The molecule has 0 saturated heterocycles. The van der Waals surface area contributed by atoms with E-state index in [-0.39, 0.29) is 5.82 Å². The molecule has 5 heteroatoms. The second-order valence-corrected chi connectivity index (χ2v) is 4.27. The summed E-state index contributed by atoms with van der Waals surface area (Å²) in [5, 5.41) is 12.1. The van der Waals surface area contributed by atoms with Gasteiger partial charge in [-0.3, -0.25) is 0 Å². The molecule has 0 aliphatic carbocycles. The summed E-state index contributed by atoms with van der Waals surface area (Å²) in [6.07, 6.45) is 0.240. The fourth-order valence-electron chi connectivity index (χ4n) is 1.71. The largest absolute Gasteiger partial charge is 0.479 e.